The maximum Gasteiger partial charge on any atom is 1.00 e. The normalized spacial score (nSPS) is 19.5. The molecule has 0 aliphatic carbocycles. The number of ether oxygens (including phenoxy) is 1. The zero-order valence-corrected chi connectivity index (χ0v) is 22.8. The van der Waals surface area contributed by atoms with Crippen molar-refractivity contribution in [3.63, 3.8) is 0 Å². The molecule has 1 aliphatic heterocycles. The van der Waals surface area contributed by atoms with E-state index in [1.807, 2.05) is 0 Å². The molecular weight excluding hydrogens is 487 g/mol. The molecule has 3 atom stereocenters. The van der Waals surface area contributed by atoms with Crippen LogP contribution >= 0.6 is 7.82 Å². The second kappa shape index (κ2) is 13.9. The molecule has 1 aromatic heterocycles. The van der Waals surface area contributed by atoms with Gasteiger partial charge in [0.15, 0.2) is 0 Å². The molecule has 14 nitrogen and oxygen atoms in total. The molecule has 1 aliphatic rings. The number of H-pyrrole nitrogens is 1. The predicted octanol–water partition coefficient (Wildman–Crippen LogP) is -7.35. The summed E-state index contributed by atoms with van der Waals surface area (Å²) >= 11 is 0. The molecular formula is C16H18N3Na2O11P. The van der Waals surface area contributed by atoms with Gasteiger partial charge in [-0.05, 0) is 19.1 Å². The number of aliphatic hydroxyl groups excluding tert-OH is 1. The number of aromatic hydroxyl groups is 1. The standard InChI is InChI=1S/C10H15N2O8P.C6H5NO3.2Na/c1-5-3-12(10(15)11-9(5)14)8-2-6(13)7(20-8)4-19-21(16,17)18;8-6-3-1-5(2-4-6)7(9)10;;/h3,6-8,13H,2,4H2,1H3,(H,11,14,15)(H2,16,17,18);1-4,8H;;/q;;2*+1/p-2/t6-,7+,8+;;;/m0.../s1. The molecule has 2 heterocycles. The van der Waals surface area contributed by atoms with E-state index in [1.165, 1.54) is 37.4 Å². The fraction of sp³-hybridized carbons (Fsp3) is 0.375. The molecule has 33 heavy (non-hydrogen) atoms. The van der Waals surface area contributed by atoms with E-state index in [1.54, 1.807) is 0 Å². The second-order valence-corrected chi connectivity index (χ2v) is 7.58. The molecule has 2 aromatic rings. The number of nitrogens with zero attached hydrogens (tertiary/aromatic N) is 2. The van der Waals surface area contributed by atoms with Crippen molar-refractivity contribution in [1.29, 1.82) is 0 Å². The van der Waals surface area contributed by atoms with Gasteiger partial charge < -0.3 is 33.8 Å². The number of nitro benzene ring substituents is 1. The van der Waals surface area contributed by atoms with Crippen LogP contribution in [-0.2, 0) is 13.8 Å². The molecule has 1 saturated heterocycles. The molecule has 3 rings (SSSR count). The number of phosphoric acid groups is 1. The van der Waals surface area contributed by atoms with Crippen molar-refractivity contribution in [3.8, 4) is 5.75 Å². The van der Waals surface area contributed by atoms with E-state index in [2.05, 4.69) is 9.51 Å². The van der Waals surface area contributed by atoms with E-state index in [0.29, 0.717) is 0 Å². The average Bonchev–Trinajstić information content (AvgIpc) is 3.04. The molecule has 17 heteroatoms. The zero-order chi connectivity index (χ0) is 23.3. The molecule has 0 bridgehead atoms. The number of nitro groups is 1. The summed E-state index contributed by atoms with van der Waals surface area (Å²) < 4.78 is 20.8. The summed E-state index contributed by atoms with van der Waals surface area (Å²) in [6.45, 7) is 0.852. The number of phenolic OH excluding ortho intramolecular Hbond substituents is 1. The van der Waals surface area contributed by atoms with Gasteiger partial charge in [-0.25, -0.2) is 4.79 Å². The van der Waals surface area contributed by atoms with Crippen molar-refractivity contribution in [1.82, 2.24) is 9.55 Å². The van der Waals surface area contributed by atoms with Crippen molar-refractivity contribution < 1.29 is 97.9 Å². The maximum absolute atomic E-state index is 11.7. The fourth-order valence-electron chi connectivity index (χ4n) is 2.58. The van der Waals surface area contributed by atoms with Gasteiger partial charge >= 0.3 is 64.8 Å². The topological polar surface area (TPSA) is 220 Å². The van der Waals surface area contributed by atoms with E-state index < -0.39 is 49.0 Å². The predicted molar refractivity (Wildman–Crippen MR) is 98.9 cm³/mol. The SMILES string of the molecule is Cc1cn([C@H]2C[C@H](O)[C@@H](COP(=O)([O-])[O-])O2)c(=O)[nH]c1=O.O=[N+]([O-])c1ccc(O)cc1.[Na+].[Na+]. The molecule has 0 unspecified atom stereocenters. The number of rotatable bonds is 5. The Kier molecular flexibility index (Phi) is 13.5. The van der Waals surface area contributed by atoms with E-state index >= 15 is 0 Å². The van der Waals surface area contributed by atoms with Crippen molar-refractivity contribution in [2.24, 2.45) is 0 Å². The largest absolute Gasteiger partial charge is 1.00 e. The number of phosphoric ester groups is 1. The van der Waals surface area contributed by atoms with Crippen LogP contribution in [0, 0.1) is 17.0 Å². The van der Waals surface area contributed by atoms with Crippen LogP contribution in [0.2, 0.25) is 0 Å². The summed E-state index contributed by atoms with van der Waals surface area (Å²) in [7, 11) is -5.17. The number of aliphatic hydroxyl groups is 1. The van der Waals surface area contributed by atoms with E-state index in [-0.39, 0.29) is 82.5 Å². The van der Waals surface area contributed by atoms with Gasteiger partial charge in [0.1, 0.15) is 18.1 Å². The van der Waals surface area contributed by atoms with Crippen molar-refractivity contribution >= 4 is 13.5 Å². The molecule has 3 N–H and O–H groups in total. The fourth-order valence-corrected chi connectivity index (χ4v) is 2.90. The van der Waals surface area contributed by atoms with Crippen LogP contribution in [0.25, 0.3) is 0 Å². The molecule has 1 aromatic carbocycles. The van der Waals surface area contributed by atoms with Gasteiger partial charge in [-0.3, -0.25) is 24.5 Å². The van der Waals surface area contributed by atoms with Crippen LogP contribution in [0.3, 0.4) is 0 Å². The number of hydrogen-bond donors (Lipinski definition) is 3. The number of aromatic amines is 1. The Labute approximate surface area is 230 Å². The molecule has 0 saturated carbocycles. The van der Waals surface area contributed by atoms with Crippen molar-refractivity contribution in [2.45, 2.75) is 31.8 Å². The summed E-state index contributed by atoms with van der Waals surface area (Å²) in [6, 6.07) is 5.04. The van der Waals surface area contributed by atoms with Gasteiger partial charge in [-0.15, -0.1) is 0 Å². The zero-order valence-electron chi connectivity index (χ0n) is 17.9. The van der Waals surface area contributed by atoms with Gasteiger partial charge in [0.05, 0.1) is 25.5 Å². The summed E-state index contributed by atoms with van der Waals surface area (Å²) in [5.41, 5.74) is -0.996. The third-order valence-corrected chi connectivity index (χ3v) is 4.58. The summed E-state index contributed by atoms with van der Waals surface area (Å²) in [5, 5.41) is 28.5. The molecule has 0 amide bonds. The molecule has 0 spiro atoms. The number of phenols is 1. The summed E-state index contributed by atoms with van der Waals surface area (Å²) in [6.07, 6.45) is -1.81. The first-order valence-corrected chi connectivity index (χ1v) is 10.1. The summed E-state index contributed by atoms with van der Waals surface area (Å²) in [5.74, 6) is 0.0330. The van der Waals surface area contributed by atoms with Crippen LogP contribution in [0.4, 0.5) is 5.69 Å². The van der Waals surface area contributed by atoms with Crippen LogP contribution in [0.15, 0.2) is 40.1 Å². The Morgan fingerprint density at radius 1 is 1.27 bits per heavy atom. The number of benzene rings is 1. The number of non-ortho nitro benzene ring substituents is 1. The Hall–Kier alpha value is -0.870. The molecule has 170 valence electrons. The Balaban J connectivity index is 0.000000726. The minimum Gasteiger partial charge on any atom is -0.790 e. The first-order chi connectivity index (χ1) is 14.4. The number of nitrogens with one attached hydrogen (secondary N) is 1. The maximum atomic E-state index is 11.7. The quantitative estimate of drug-likeness (QED) is 0.150. The van der Waals surface area contributed by atoms with Crippen LogP contribution in [0.5, 0.6) is 5.75 Å². The van der Waals surface area contributed by atoms with Crippen molar-refractivity contribution in [3.05, 3.63) is 67.0 Å². The molecule has 1 fully saturated rings. The first kappa shape index (κ1) is 32.1. The first-order valence-electron chi connectivity index (χ1n) is 8.63. The van der Waals surface area contributed by atoms with E-state index in [4.69, 9.17) is 9.84 Å². The van der Waals surface area contributed by atoms with Crippen LogP contribution in [-0.4, -0.2) is 43.5 Å². The van der Waals surface area contributed by atoms with Gasteiger partial charge in [0, 0.05) is 30.3 Å². The monoisotopic (exact) mass is 505 g/mol. The smallest absolute Gasteiger partial charge is 0.790 e. The summed E-state index contributed by atoms with van der Waals surface area (Å²) in [4.78, 5) is 55.4. The number of aromatic nitrogens is 2. The van der Waals surface area contributed by atoms with E-state index in [0.717, 1.165) is 4.57 Å². The Morgan fingerprint density at radius 3 is 2.36 bits per heavy atom. The van der Waals surface area contributed by atoms with E-state index in [9.17, 15) is 39.2 Å². The Bertz CT molecular complexity index is 1090. The van der Waals surface area contributed by atoms with Gasteiger partial charge in [0.25, 0.3) is 11.2 Å². The minimum absolute atomic E-state index is 0. The second-order valence-electron chi connectivity index (χ2n) is 6.43. The third-order valence-electron chi connectivity index (χ3n) is 4.12. The molecule has 0 radical (unpaired) electrons. The van der Waals surface area contributed by atoms with Gasteiger partial charge in [-0.2, -0.15) is 0 Å². The van der Waals surface area contributed by atoms with Crippen LogP contribution < -0.4 is 80.2 Å². The van der Waals surface area contributed by atoms with Crippen molar-refractivity contribution in [2.75, 3.05) is 6.61 Å². The number of aryl methyl sites for hydroxylation is 1. The average molecular weight is 505 g/mol. The van der Waals surface area contributed by atoms with Gasteiger partial charge in [0.2, 0.25) is 0 Å². The third kappa shape index (κ3) is 10.1. The Morgan fingerprint density at radius 2 is 1.85 bits per heavy atom. The number of hydrogen-bond acceptors (Lipinski definition) is 11. The minimum atomic E-state index is -5.17. The van der Waals surface area contributed by atoms with Crippen LogP contribution in [0.1, 0.15) is 18.2 Å². The van der Waals surface area contributed by atoms with Gasteiger partial charge in [-0.1, -0.05) is 0 Å².